The molecule has 22 heavy (non-hydrogen) atoms. The summed E-state index contributed by atoms with van der Waals surface area (Å²) in [5, 5.41) is 9.30. The zero-order chi connectivity index (χ0) is 16.3. The molecule has 2 aromatic rings. The molecule has 0 aromatic heterocycles. The predicted molar refractivity (Wildman–Crippen MR) is 74.9 cm³/mol. The molecule has 2 aromatic carbocycles. The van der Waals surface area contributed by atoms with Crippen LogP contribution in [-0.4, -0.2) is 17.4 Å². The number of aliphatic carboxylic acids is 1. The molecule has 0 saturated heterocycles. The number of hydrogen-bond donors (Lipinski definition) is 1. The third kappa shape index (κ3) is 4.39. The normalized spacial score (nSPS) is 11.3. The fraction of sp³-hybridized carbons (Fsp3) is 0.133. The van der Waals surface area contributed by atoms with Gasteiger partial charge in [0, 0.05) is 5.02 Å². The quantitative estimate of drug-likeness (QED) is 0.895. The first-order valence-corrected chi connectivity index (χ1v) is 6.49. The van der Waals surface area contributed by atoms with E-state index in [9.17, 15) is 18.0 Å². The summed E-state index contributed by atoms with van der Waals surface area (Å²) in [5.74, 6) is -1.37. The molecule has 0 saturated carbocycles. The van der Waals surface area contributed by atoms with Crippen LogP contribution in [0.3, 0.4) is 0 Å². The van der Waals surface area contributed by atoms with Gasteiger partial charge in [0.1, 0.15) is 5.75 Å². The van der Waals surface area contributed by atoms with Crippen molar-refractivity contribution >= 4 is 17.6 Å². The maximum Gasteiger partial charge on any atom is 0.573 e. The SMILES string of the molecule is O=C(O)Cc1cc(Cl)ccc1-c1ccc(OC(F)(F)F)cc1. The number of benzene rings is 2. The summed E-state index contributed by atoms with van der Waals surface area (Å²) < 4.78 is 40.1. The summed E-state index contributed by atoms with van der Waals surface area (Å²) in [6.45, 7) is 0. The Balaban J connectivity index is 2.33. The Kier molecular flexibility index (Phi) is 4.61. The largest absolute Gasteiger partial charge is 0.573 e. The van der Waals surface area contributed by atoms with Gasteiger partial charge in [-0.2, -0.15) is 0 Å². The van der Waals surface area contributed by atoms with Gasteiger partial charge in [-0.1, -0.05) is 29.8 Å². The summed E-state index contributed by atoms with van der Waals surface area (Å²) in [7, 11) is 0. The van der Waals surface area contributed by atoms with Crippen LogP contribution < -0.4 is 4.74 Å². The molecular weight excluding hydrogens is 321 g/mol. The van der Waals surface area contributed by atoms with E-state index in [0.29, 0.717) is 21.7 Å². The highest BCUT2D eigenvalue weighted by molar-refractivity contribution is 6.30. The van der Waals surface area contributed by atoms with E-state index in [0.717, 1.165) is 0 Å². The van der Waals surface area contributed by atoms with Crippen molar-refractivity contribution in [2.45, 2.75) is 12.8 Å². The Hall–Kier alpha value is -2.21. The van der Waals surface area contributed by atoms with Crippen molar-refractivity contribution in [3.05, 3.63) is 53.1 Å². The third-order valence-electron chi connectivity index (χ3n) is 2.81. The van der Waals surface area contributed by atoms with Crippen LogP contribution in [0.1, 0.15) is 5.56 Å². The third-order valence-corrected chi connectivity index (χ3v) is 3.04. The van der Waals surface area contributed by atoms with Crippen molar-refractivity contribution in [2.75, 3.05) is 0 Å². The molecule has 0 bridgehead atoms. The van der Waals surface area contributed by atoms with E-state index >= 15 is 0 Å². The molecule has 3 nitrogen and oxygen atoms in total. The average Bonchev–Trinajstić information content (AvgIpc) is 2.37. The first-order chi connectivity index (χ1) is 10.2. The van der Waals surface area contributed by atoms with E-state index in [4.69, 9.17) is 16.7 Å². The molecular formula is C15H10ClF3O3. The molecule has 0 aliphatic rings. The first kappa shape index (κ1) is 16.2. The van der Waals surface area contributed by atoms with Gasteiger partial charge >= 0.3 is 12.3 Å². The fourth-order valence-electron chi connectivity index (χ4n) is 1.99. The molecule has 2 rings (SSSR count). The minimum atomic E-state index is -4.75. The number of alkyl halides is 3. The Morgan fingerprint density at radius 2 is 1.77 bits per heavy atom. The minimum Gasteiger partial charge on any atom is -0.481 e. The lowest BCUT2D eigenvalue weighted by molar-refractivity contribution is -0.274. The Bertz CT molecular complexity index is 681. The van der Waals surface area contributed by atoms with Crippen LogP contribution >= 0.6 is 11.6 Å². The number of halogens is 4. The second-order valence-electron chi connectivity index (χ2n) is 4.44. The van der Waals surface area contributed by atoms with Crippen LogP contribution in [0.5, 0.6) is 5.75 Å². The van der Waals surface area contributed by atoms with Gasteiger partial charge in [0.15, 0.2) is 0 Å². The predicted octanol–water partition coefficient (Wildman–Crippen LogP) is 4.53. The van der Waals surface area contributed by atoms with Crippen LogP contribution in [0.4, 0.5) is 13.2 Å². The van der Waals surface area contributed by atoms with Crippen molar-refractivity contribution < 1.29 is 27.8 Å². The molecule has 1 N–H and O–H groups in total. The zero-order valence-electron chi connectivity index (χ0n) is 11.0. The monoisotopic (exact) mass is 330 g/mol. The lowest BCUT2D eigenvalue weighted by Crippen LogP contribution is -2.16. The van der Waals surface area contributed by atoms with Crippen LogP contribution in [0.2, 0.25) is 5.02 Å². The number of rotatable bonds is 4. The van der Waals surface area contributed by atoms with Crippen LogP contribution in [-0.2, 0) is 11.2 Å². The summed E-state index contributed by atoms with van der Waals surface area (Å²) in [5.41, 5.74) is 1.64. The Morgan fingerprint density at radius 3 is 2.32 bits per heavy atom. The van der Waals surface area contributed by atoms with Gasteiger partial charge < -0.3 is 9.84 Å². The van der Waals surface area contributed by atoms with Crippen molar-refractivity contribution in [3.8, 4) is 16.9 Å². The summed E-state index contributed by atoms with van der Waals surface area (Å²) >= 11 is 5.85. The van der Waals surface area contributed by atoms with Gasteiger partial charge in [-0.05, 0) is 41.0 Å². The summed E-state index contributed by atoms with van der Waals surface area (Å²) in [4.78, 5) is 10.9. The van der Waals surface area contributed by atoms with E-state index in [1.807, 2.05) is 0 Å². The molecule has 0 spiro atoms. The summed E-state index contributed by atoms with van der Waals surface area (Å²) in [6.07, 6.45) is -4.99. The highest BCUT2D eigenvalue weighted by Crippen LogP contribution is 2.30. The number of carboxylic acid groups (broad SMARTS) is 1. The van der Waals surface area contributed by atoms with E-state index < -0.39 is 12.3 Å². The standard InChI is InChI=1S/C15H10ClF3O3/c16-11-3-6-13(10(7-11)8-14(20)21)9-1-4-12(5-2-9)22-15(17,18)19/h1-7H,8H2,(H,20,21). The van der Waals surface area contributed by atoms with Gasteiger partial charge in [-0.25, -0.2) is 0 Å². The van der Waals surface area contributed by atoms with Gasteiger partial charge in [0.2, 0.25) is 0 Å². The fourth-order valence-corrected chi connectivity index (χ4v) is 2.18. The molecule has 0 unspecified atom stereocenters. The molecule has 0 aliphatic heterocycles. The van der Waals surface area contributed by atoms with E-state index in [-0.39, 0.29) is 12.2 Å². The molecule has 0 radical (unpaired) electrons. The topological polar surface area (TPSA) is 46.5 Å². The molecule has 0 amide bonds. The molecule has 0 aliphatic carbocycles. The summed E-state index contributed by atoms with van der Waals surface area (Å²) in [6, 6.07) is 9.92. The molecule has 0 fully saturated rings. The second kappa shape index (κ2) is 6.27. The number of carboxylic acids is 1. The van der Waals surface area contributed by atoms with Crippen LogP contribution in [0, 0.1) is 0 Å². The van der Waals surface area contributed by atoms with E-state index in [1.54, 1.807) is 12.1 Å². The number of ether oxygens (including phenoxy) is 1. The molecule has 116 valence electrons. The number of carbonyl (C=O) groups is 1. The lowest BCUT2D eigenvalue weighted by atomic mass is 9.97. The van der Waals surface area contributed by atoms with E-state index in [2.05, 4.69) is 4.74 Å². The lowest BCUT2D eigenvalue weighted by Gasteiger charge is -2.11. The Labute approximate surface area is 128 Å². The van der Waals surface area contributed by atoms with Crippen molar-refractivity contribution in [2.24, 2.45) is 0 Å². The maximum atomic E-state index is 12.1. The van der Waals surface area contributed by atoms with Gasteiger partial charge in [0.05, 0.1) is 6.42 Å². The van der Waals surface area contributed by atoms with Gasteiger partial charge in [0.25, 0.3) is 0 Å². The maximum absolute atomic E-state index is 12.1. The minimum absolute atomic E-state index is 0.239. The molecule has 0 atom stereocenters. The smallest absolute Gasteiger partial charge is 0.481 e. The Morgan fingerprint density at radius 1 is 1.14 bits per heavy atom. The average molecular weight is 331 g/mol. The van der Waals surface area contributed by atoms with Crippen LogP contribution in [0.15, 0.2) is 42.5 Å². The second-order valence-corrected chi connectivity index (χ2v) is 4.88. The first-order valence-electron chi connectivity index (χ1n) is 6.11. The number of hydrogen-bond acceptors (Lipinski definition) is 2. The van der Waals surface area contributed by atoms with Crippen molar-refractivity contribution in [1.29, 1.82) is 0 Å². The van der Waals surface area contributed by atoms with Gasteiger partial charge in [-0.3, -0.25) is 4.79 Å². The van der Waals surface area contributed by atoms with Crippen LogP contribution in [0.25, 0.3) is 11.1 Å². The van der Waals surface area contributed by atoms with Crippen molar-refractivity contribution in [1.82, 2.24) is 0 Å². The van der Waals surface area contributed by atoms with Crippen molar-refractivity contribution in [3.63, 3.8) is 0 Å². The zero-order valence-corrected chi connectivity index (χ0v) is 11.8. The molecule has 0 heterocycles. The molecule has 7 heteroatoms. The van der Waals surface area contributed by atoms with E-state index in [1.165, 1.54) is 30.3 Å². The van der Waals surface area contributed by atoms with Gasteiger partial charge in [-0.15, -0.1) is 13.2 Å². The highest BCUT2D eigenvalue weighted by atomic mass is 35.5. The highest BCUT2D eigenvalue weighted by Gasteiger charge is 2.30.